The molecule has 62 valence electrons. The quantitative estimate of drug-likeness (QED) is 0.606. The predicted molar refractivity (Wildman–Crippen MR) is 56.1 cm³/mol. The van der Waals surface area contributed by atoms with Gasteiger partial charge >= 0.3 is 0 Å². The lowest BCUT2D eigenvalue weighted by atomic mass is 10.1. The highest BCUT2D eigenvalue weighted by molar-refractivity contribution is 7.19. The number of fused-ring (bicyclic) bond motifs is 1. The van der Waals surface area contributed by atoms with Crippen LogP contribution in [0.25, 0.3) is 10.1 Å². The van der Waals surface area contributed by atoms with Crippen LogP contribution in [0.2, 0.25) is 0 Å². The van der Waals surface area contributed by atoms with Crippen molar-refractivity contribution in [2.75, 3.05) is 0 Å². The van der Waals surface area contributed by atoms with E-state index in [0.29, 0.717) is 5.88 Å². The van der Waals surface area contributed by atoms with E-state index in [1.54, 1.807) is 0 Å². The largest absolute Gasteiger partial charge is 0.140 e. The molecule has 0 amide bonds. The maximum Gasteiger partial charge on any atom is 0.0491 e. The molecule has 0 aliphatic carbocycles. The van der Waals surface area contributed by atoms with Crippen molar-refractivity contribution in [1.82, 2.24) is 0 Å². The standard InChI is InChI=1S/C10H9ClS/c1-7-9(6-11)8-4-2-3-5-10(8)12-7/h2-5H,6H2,1H3. The molecular weight excluding hydrogens is 188 g/mol. The zero-order valence-corrected chi connectivity index (χ0v) is 8.38. The van der Waals surface area contributed by atoms with Gasteiger partial charge in [-0.1, -0.05) is 18.2 Å². The van der Waals surface area contributed by atoms with E-state index >= 15 is 0 Å². The lowest BCUT2D eigenvalue weighted by molar-refractivity contribution is 1.41. The fraction of sp³-hybridized carbons (Fsp3) is 0.200. The zero-order valence-electron chi connectivity index (χ0n) is 6.80. The minimum absolute atomic E-state index is 0.621. The lowest BCUT2D eigenvalue weighted by Crippen LogP contribution is -1.75. The van der Waals surface area contributed by atoms with Gasteiger partial charge in [0.15, 0.2) is 0 Å². The lowest BCUT2D eigenvalue weighted by Gasteiger charge is -1.92. The molecule has 2 rings (SSSR count). The summed E-state index contributed by atoms with van der Waals surface area (Å²) in [6.07, 6.45) is 0. The molecule has 1 heterocycles. The maximum absolute atomic E-state index is 5.86. The monoisotopic (exact) mass is 196 g/mol. The van der Waals surface area contributed by atoms with E-state index in [4.69, 9.17) is 11.6 Å². The molecule has 2 heteroatoms. The molecule has 0 saturated carbocycles. The maximum atomic E-state index is 5.86. The van der Waals surface area contributed by atoms with Gasteiger partial charge in [-0.3, -0.25) is 0 Å². The molecule has 1 aromatic carbocycles. The highest BCUT2D eigenvalue weighted by Crippen LogP contribution is 2.31. The molecule has 12 heavy (non-hydrogen) atoms. The number of halogens is 1. The highest BCUT2D eigenvalue weighted by atomic mass is 35.5. The SMILES string of the molecule is Cc1sc2ccccc2c1CCl. The first-order chi connectivity index (χ1) is 5.83. The third kappa shape index (κ3) is 1.13. The molecule has 0 aliphatic rings. The van der Waals surface area contributed by atoms with Crippen molar-refractivity contribution in [3.63, 3.8) is 0 Å². The summed E-state index contributed by atoms with van der Waals surface area (Å²) >= 11 is 7.68. The molecule has 0 aliphatic heterocycles. The Morgan fingerprint density at radius 1 is 1.33 bits per heavy atom. The van der Waals surface area contributed by atoms with Crippen LogP contribution in [0.4, 0.5) is 0 Å². The number of alkyl halides is 1. The van der Waals surface area contributed by atoms with E-state index < -0.39 is 0 Å². The molecule has 1 aromatic heterocycles. The van der Waals surface area contributed by atoms with Crippen LogP contribution < -0.4 is 0 Å². The molecular formula is C10H9ClS. The van der Waals surface area contributed by atoms with Crippen LogP contribution in [0.1, 0.15) is 10.4 Å². The van der Waals surface area contributed by atoms with Gasteiger partial charge in [0.25, 0.3) is 0 Å². The van der Waals surface area contributed by atoms with Crippen LogP contribution in [0.15, 0.2) is 24.3 Å². The molecule has 2 aromatic rings. The van der Waals surface area contributed by atoms with Crippen molar-refractivity contribution in [2.24, 2.45) is 0 Å². The van der Waals surface area contributed by atoms with Crippen molar-refractivity contribution in [3.8, 4) is 0 Å². The normalized spacial score (nSPS) is 10.8. The fourth-order valence-corrected chi connectivity index (χ4v) is 2.89. The van der Waals surface area contributed by atoms with Crippen LogP contribution in [0, 0.1) is 6.92 Å². The van der Waals surface area contributed by atoms with Gasteiger partial charge in [0.05, 0.1) is 0 Å². The summed E-state index contributed by atoms with van der Waals surface area (Å²) in [7, 11) is 0. The predicted octanol–water partition coefficient (Wildman–Crippen LogP) is 3.95. The summed E-state index contributed by atoms with van der Waals surface area (Å²) in [5.74, 6) is 0.621. The Balaban J connectivity index is 2.81. The van der Waals surface area contributed by atoms with Gasteiger partial charge in [0.1, 0.15) is 0 Å². The fourth-order valence-electron chi connectivity index (χ4n) is 1.39. The van der Waals surface area contributed by atoms with Gasteiger partial charge in [0.2, 0.25) is 0 Å². The number of hydrogen-bond acceptors (Lipinski definition) is 1. The summed E-state index contributed by atoms with van der Waals surface area (Å²) in [6, 6.07) is 8.40. The van der Waals surface area contributed by atoms with E-state index in [-0.39, 0.29) is 0 Å². The Hall–Kier alpha value is -0.530. The van der Waals surface area contributed by atoms with Gasteiger partial charge < -0.3 is 0 Å². The Bertz CT molecular complexity index is 403. The van der Waals surface area contributed by atoms with Crippen molar-refractivity contribution < 1.29 is 0 Å². The number of thiophene rings is 1. The first-order valence-corrected chi connectivity index (χ1v) is 5.21. The van der Waals surface area contributed by atoms with Crippen LogP contribution in [0.3, 0.4) is 0 Å². The van der Waals surface area contributed by atoms with E-state index in [2.05, 4.69) is 31.2 Å². The van der Waals surface area contributed by atoms with E-state index in [0.717, 1.165) is 0 Å². The minimum atomic E-state index is 0.621. The van der Waals surface area contributed by atoms with Crippen LogP contribution in [-0.4, -0.2) is 0 Å². The molecule has 0 nitrogen and oxygen atoms in total. The van der Waals surface area contributed by atoms with Crippen LogP contribution in [-0.2, 0) is 5.88 Å². The Morgan fingerprint density at radius 3 is 2.83 bits per heavy atom. The number of aryl methyl sites for hydroxylation is 1. The first kappa shape index (κ1) is 8.09. The van der Waals surface area contributed by atoms with Gasteiger partial charge in [0, 0.05) is 15.5 Å². The highest BCUT2D eigenvalue weighted by Gasteiger charge is 2.05. The van der Waals surface area contributed by atoms with Gasteiger partial charge in [-0.05, 0) is 23.9 Å². The molecule has 0 atom stereocenters. The van der Waals surface area contributed by atoms with Crippen molar-refractivity contribution in [1.29, 1.82) is 0 Å². The molecule has 0 radical (unpaired) electrons. The van der Waals surface area contributed by atoms with Gasteiger partial charge in [-0.25, -0.2) is 0 Å². The average molecular weight is 197 g/mol. The molecule has 0 saturated heterocycles. The second-order valence-electron chi connectivity index (χ2n) is 2.77. The second-order valence-corrected chi connectivity index (χ2v) is 4.29. The Kier molecular flexibility index (Phi) is 2.07. The third-order valence-electron chi connectivity index (χ3n) is 2.03. The number of benzene rings is 1. The van der Waals surface area contributed by atoms with Crippen molar-refractivity contribution in [3.05, 3.63) is 34.7 Å². The van der Waals surface area contributed by atoms with E-state index in [1.807, 2.05) is 11.3 Å². The van der Waals surface area contributed by atoms with Crippen molar-refractivity contribution >= 4 is 33.0 Å². The molecule has 0 unspecified atom stereocenters. The summed E-state index contributed by atoms with van der Waals surface area (Å²) in [6.45, 7) is 2.13. The molecule has 0 fully saturated rings. The van der Waals surface area contributed by atoms with Crippen LogP contribution >= 0.6 is 22.9 Å². The van der Waals surface area contributed by atoms with Gasteiger partial charge in [-0.15, -0.1) is 22.9 Å². The third-order valence-corrected chi connectivity index (χ3v) is 3.43. The Morgan fingerprint density at radius 2 is 2.08 bits per heavy atom. The Labute approximate surface area is 80.8 Å². The second kappa shape index (κ2) is 3.08. The summed E-state index contributed by atoms with van der Waals surface area (Å²) in [5.41, 5.74) is 1.29. The summed E-state index contributed by atoms with van der Waals surface area (Å²) < 4.78 is 1.34. The zero-order chi connectivity index (χ0) is 8.55. The number of rotatable bonds is 1. The minimum Gasteiger partial charge on any atom is -0.140 e. The summed E-state index contributed by atoms with van der Waals surface area (Å²) in [4.78, 5) is 1.34. The molecule has 0 N–H and O–H groups in total. The van der Waals surface area contributed by atoms with Gasteiger partial charge in [-0.2, -0.15) is 0 Å². The number of hydrogen-bond donors (Lipinski definition) is 0. The summed E-state index contributed by atoms with van der Waals surface area (Å²) in [5, 5.41) is 1.31. The molecule has 0 bridgehead atoms. The van der Waals surface area contributed by atoms with E-state index in [9.17, 15) is 0 Å². The van der Waals surface area contributed by atoms with Crippen LogP contribution in [0.5, 0.6) is 0 Å². The topological polar surface area (TPSA) is 0 Å². The van der Waals surface area contributed by atoms with Crippen molar-refractivity contribution in [2.45, 2.75) is 12.8 Å². The van der Waals surface area contributed by atoms with E-state index in [1.165, 1.54) is 20.5 Å². The molecule has 0 spiro atoms. The smallest absolute Gasteiger partial charge is 0.0491 e. The first-order valence-electron chi connectivity index (χ1n) is 3.86. The average Bonchev–Trinajstić information content (AvgIpc) is 2.40.